The van der Waals surface area contributed by atoms with E-state index >= 15 is 0 Å². The van der Waals surface area contributed by atoms with Crippen molar-refractivity contribution in [1.29, 1.82) is 0 Å². The Kier molecular flexibility index (Phi) is 6.04. The maximum absolute atomic E-state index is 13.3. The van der Waals surface area contributed by atoms with Crippen LogP contribution in [0.15, 0.2) is 29.6 Å². The highest BCUT2D eigenvalue weighted by atomic mass is 32.1. The zero-order valence-corrected chi connectivity index (χ0v) is 17.4. The van der Waals surface area contributed by atoms with E-state index in [4.69, 9.17) is 0 Å². The van der Waals surface area contributed by atoms with E-state index in [1.807, 2.05) is 11.6 Å². The van der Waals surface area contributed by atoms with Crippen molar-refractivity contribution >= 4 is 17.2 Å². The quantitative estimate of drug-likeness (QED) is 0.585. The molecule has 5 nitrogen and oxygen atoms in total. The molecule has 1 amide bonds. The first-order valence-electron chi connectivity index (χ1n) is 10.2. The molecule has 1 aliphatic rings. The lowest BCUT2D eigenvalue weighted by molar-refractivity contribution is 0.0946. The van der Waals surface area contributed by atoms with Crippen LogP contribution in [0.5, 0.6) is 0 Å². The molecule has 3 aromatic rings. The maximum Gasteiger partial charge on any atom is 0.272 e. The van der Waals surface area contributed by atoms with Gasteiger partial charge in [-0.15, -0.1) is 11.3 Å². The highest BCUT2D eigenvalue weighted by molar-refractivity contribution is 7.09. The van der Waals surface area contributed by atoms with E-state index in [0.29, 0.717) is 12.2 Å². The second kappa shape index (κ2) is 8.86. The molecular formula is C22H25FN4OS. The lowest BCUT2D eigenvalue weighted by atomic mass is 9.95. The molecule has 1 aromatic carbocycles. The molecule has 0 saturated heterocycles. The lowest BCUT2D eigenvalue weighted by Crippen LogP contribution is -2.26. The predicted molar refractivity (Wildman–Crippen MR) is 112 cm³/mol. The van der Waals surface area contributed by atoms with Gasteiger partial charge in [-0.3, -0.25) is 4.79 Å². The average Bonchev–Trinajstić information content (AvgIpc) is 3.32. The van der Waals surface area contributed by atoms with E-state index in [2.05, 4.69) is 20.8 Å². The summed E-state index contributed by atoms with van der Waals surface area (Å²) < 4.78 is 15.1. The van der Waals surface area contributed by atoms with Crippen LogP contribution in [0, 0.1) is 12.7 Å². The van der Waals surface area contributed by atoms with Crippen molar-refractivity contribution in [2.45, 2.75) is 51.9 Å². The number of unbranched alkanes of at least 4 members (excludes halogenated alkanes) is 1. The number of nitrogens with one attached hydrogen (secondary N) is 1. The molecule has 0 bridgehead atoms. The predicted octanol–water partition coefficient (Wildman–Crippen LogP) is 4.41. The smallest absolute Gasteiger partial charge is 0.272 e. The zero-order chi connectivity index (χ0) is 20.2. The minimum Gasteiger partial charge on any atom is -0.351 e. The van der Waals surface area contributed by atoms with Crippen LogP contribution >= 0.6 is 11.3 Å². The molecule has 4 rings (SSSR count). The molecule has 1 N–H and O–H groups in total. The van der Waals surface area contributed by atoms with Gasteiger partial charge in [0.15, 0.2) is 5.69 Å². The van der Waals surface area contributed by atoms with Crippen molar-refractivity contribution < 1.29 is 9.18 Å². The molecule has 0 atom stereocenters. The summed E-state index contributed by atoms with van der Waals surface area (Å²) in [6.45, 7) is 2.63. The summed E-state index contributed by atoms with van der Waals surface area (Å²) in [6.07, 6.45) is 6.75. The van der Waals surface area contributed by atoms with Gasteiger partial charge in [-0.1, -0.05) is 0 Å². The van der Waals surface area contributed by atoms with Gasteiger partial charge in [-0.2, -0.15) is 5.10 Å². The summed E-state index contributed by atoms with van der Waals surface area (Å²) in [7, 11) is 0. The Labute approximate surface area is 174 Å². The molecular weight excluding hydrogens is 387 g/mol. The summed E-state index contributed by atoms with van der Waals surface area (Å²) in [5.41, 5.74) is 4.49. The van der Waals surface area contributed by atoms with Gasteiger partial charge in [0.25, 0.3) is 5.91 Å². The number of rotatable bonds is 7. The van der Waals surface area contributed by atoms with E-state index in [0.717, 1.165) is 72.6 Å². The highest BCUT2D eigenvalue weighted by Gasteiger charge is 2.25. The fraction of sp³-hybridized carbons (Fsp3) is 0.409. The number of hydrogen-bond acceptors (Lipinski definition) is 4. The van der Waals surface area contributed by atoms with Crippen LogP contribution in [-0.2, 0) is 19.3 Å². The van der Waals surface area contributed by atoms with Crippen molar-refractivity contribution in [3.05, 3.63) is 63.1 Å². The molecule has 2 aromatic heterocycles. The van der Waals surface area contributed by atoms with Gasteiger partial charge in [0.2, 0.25) is 0 Å². The van der Waals surface area contributed by atoms with Crippen molar-refractivity contribution in [3.63, 3.8) is 0 Å². The van der Waals surface area contributed by atoms with Crippen molar-refractivity contribution in [3.8, 4) is 5.69 Å². The van der Waals surface area contributed by atoms with Crippen LogP contribution in [0.1, 0.15) is 58.1 Å². The van der Waals surface area contributed by atoms with Crippen LogP contribution < -0.4 is 5.32 Å². The fourth-order valence-electron chi connectivity index (χ4n) is 3.78. The molecule has 2 heterocycles. The molecule has 0 fully saturated rings. The van der Waals surface area contributed by atoms with Crippen LogP contribution in [0.25, 0.3) is 5.69 Å². The summed E-state index contributed by atoms with van der Waals surface area (Å²) in [4.78, 5) is 17.3. The van der Waals surface area contributed by atoms with Crippen molar-refractivity contribution in [2.75, 3.05) is 6.54 Å². The first kappa shape index (κ1) is 19.8. The third kappa shape index (κ3) is 4.56. The average molecular weight is 413 g/mol. The van der Waals surface area contributed by atoms with E-state index in [1.165, 1.54) is 12.1 Å². The number of thiazole rings is 1. The molecule has 29 heavy (non-hydrogen) atoms. The van der Waals surface area contributed by atoms with Crippen molar-refractivity contribution in [1.82, 2.24) is 20.1 Å². The molecule has 0 aliphatic heterocycles. The number of nitrogens with zero attached hydrogens (tertiary/aromatic N) is 3. The molecule has 0 spiro atoms. The monoisotopic (exact) mass is 412 g/mol. The Bertz CT molecular complexity index is 993. The van der Waals surface area contributed by atoms with Crippen molar-refractivity contribution in [2.24, 2.45) is 0 Å². The Hall–Kier alpha value is -2.54. The van der Waals surface area contributed by atoms with Gasteiger partial charge in [0, 0.05) is 28.9 Å². The minimum atomic E-state index is -0.277. The number of carbonyl (C=O) groups excluding carboxylic acids is 1. The molecule has 0 radical (unpaired) electrons. The first-order valence-corrected chi connectivity index (χ1v) is 11.1. The van der Waals surface area contributed by atoms with E-state index in [1.54, 1.807) is 23.5 Å². The van der Waals surface area contributed by atoms with Gasteiger partial charge in [-0.05, 0) is 76.1 Å². The van der Waals surface area contributed by atoms with E-state index in [-0.39, 0.29) is 11.7 Å². The number of halogens is 1. The topological polar surface area (TPSA) is 59.8 Å². The SMILES string of the molecule is Cc1csc(CCCCNC(=O)c2nn(-c3ccc(F)cc3)c3c2CCCC3)n1. The second-order valence-corrected chi connectivity index (χ2v) is 8.41. The van der Waals surface area contributed by atoms with Crippen LogP contribution in [0.2, 0.25) is 0 Å². The lowest BCUT2D eigenvalue weighted by Gasteiger charge is -2.14. The summed E-state index contributed by atoms with van der Waals surface area (Å²) in [5.74, 6) is -0.394. The normalized spacial score (nSPS) is 13.3. The van der Waals surface area contributed by atoms with Gasteiger partial charge in [-0.25, -0.2) is 14.1 Å². The zero-order valence-electron chi connectivity index (χ0n) is 16.6. The minimum absolute atomic E-state index is 0.117. The highest BCUT2D eigenvalue weighted by Crippen LogP contribution is 2.27. The summed E-state index contributed by atoms with van der Waals surface area (Å²) >= 11 is 1.69. The van der Waals surface area contributed by atoms with E-state index < -0.39 is 0 Å². The van der Waals surface area contributed by atoms with E-state index in [9.17, 15) is 9.18 Å². The van der Waals surface area contributed by atoms with Gasteiger partial charge in [0.1, 0.15) is 5.82 Å². The number of carbonyl (C=O) groups is 1. The molecule has 7 heteroatoms. The van der Waals surface area contributed by atoms with Crippen LogP contribution in [-0.4, -0.2) is 27.2 Å². The standard InChI is InChI=1S/C22H25FN4OS/c1-15-14-29-20(25-15)8-4-5-13-24-22(28)21-18-6-2-3-7-19(18)27(26-21)17-11-9-16(23)10-12-17/h9-12,14H,2-8,13H2,1H3,(H,24,28). The molecule has 1 aliphatic carbocycles. The molecule has 0 saturated carbocycles. The number of amides is 1. The van der Waals surface area contributed by atoms with Crippen LogP contribution in [0.4, 0.5) is 4.39 Å². The summed E-state index contributed by atoms with van der Waals surface area (Å²) in [6, 6.07) is 6.27. The number of aromatic nitrogens is 3. The Morgan fingerprint density at radius 1 is 1.21 bits per heavy atom. The first-order chi connectivity index (χ1) is 14.1. The largest absolute Gasteiger partial charge is 0.351 e. The Morgan fingerprint density at radius 2 is 2.00 bits per heavy atom. The fourth-order valence-corrected chi connectivity index (χ4v) is 4.60. The number of benzene rings is 1. The number of hydrogen-bond donors (Lipinski definition) is 1. The number of fused-ring (bicyclic) bond motifs is 1. The Morgan fingerprint density at radius 3 is 2.76 bits per heavy atom. The molecule has 0 unspecified atom stereocenters. The van der Waals surface area contributed by atoms with Gasteiger partial charge < -0.3 is 5.32 Å². The van der Waals surface area contributed by atoms with Crippen LogP contribution in [0.3, 0.4) is 0 Å². The van der Waals surface area contributed by atoms with Gasteiger partial charge >= 0.3 is 0 Å². The molecule has 152 valence electrons. The third-order valence-electron chi connectivity index (χ3n) is 5.24. The second-order valence-electron chi connectivity index (χ2n) is 7.46. The summed E-state index contributed by atoms with van der Waals surface area (Å²) in [5, 5.41) is 10.9. The third-order valence-corrected chi connectivity index (χ3v) is 6.26. The Balaban J connectivity index is 1.40. The number of aryl methyl sites for hydroxylation is 2. The maximum atomic E-state index is 13.3. The van der Waals surface area contributed by atoms with Gasteiger partial charge in [0.05, 0.1) is 10.7 Å².